The molecule has 2 aliphatic rings. The van der Waals surface area contributed by atoms with Crippen LogP contribution in [0.4, 0.5) is 0 Å². The van der Waals surface area contributed by atoms with Crippen molar-refractivity contribution in [3.8, 4) is 5.75 Å². The standard InChI is InChI=1S/C22H26N2O4S/c1-16-23-19(15-29-16)14-28-20-5-2-17(3-6-20)4-7-21(25)24-10-8-18(9-11-24)22-26-12-13-27-22/h2-7,15,18,22H,8-14H2,1H3/b7-4+. The van der Waals surface area contributed by atoms with Crippen molar-refractivity contribution in [2.45, 2.75) is 32.7 Å². The van der Waals surface area contributed by atoms with E-state index in [0.29, 0.717) is 25.7 Å². The molecule has 0 spiro atoms. The lowest BCUT2D eigenvalue weighted by Gasteiger charge is -2.33. The molecule has 154 valence electrons. The Morgan fingerprint density at radius 3 is 2.62 bits per heavy atom. The van der Waals surface area contributed by atoms with Crippen LogP contribution in [0.1, 0.15) is 29.1 Å². The summed E-state index contributed by atoms with van der Waals surface area (Å²) in [5, 5.41) is 3.05. The molecule has 0 aliphatic carbocycles. The zero-order chi connectivity index (χ0) is 20.1. The van der Waals surface area contributed by atoms with Crippen LogP contribution in [-0.2, 0) is 20.9 Å². The fraction of sp³-hybridized carbons (Fsp3) is 0.455. The third kappa shape index (κ3) is 5.44. The molecule has 0 saturated carbocycles. The molecule has 29 heavy (non-hydrogen) atoms. The van der Waals surface area contributed by atoms with Crippen LogP contribution in [0.25, 0.3) is 6.08 Å². The van der Waals surface area contributed by atoms with Gasteiger partial charge in [0.2, 0.25) is 5.91 Å². The second kappa shape index (κ2) is 9.52. The molecule has 1 amide bonds. The first-order valence-electron chi connectivity index (χ1n) is 10.0. The van der Waals surface area contributed by atoms with Gasteiger partial charge in [-0.15, -0.1) is 11.3 Å². The Kier molecular flexibility index (Phi) is 6.59. The number of carbonyl (C=O) groups excluding carboxylic acids is 1. The molecule has 1 aromatic carbocycles. The molecule has 0 unspecified atom stereocenters. The minimum absolute atomic E-state index is 0.0518. The molecular weight excluding hydrogens is 388 g/mol. The van der Waals surface area contributed by atoms with Crippen LogP contribution < -0.4 is 4.74 Å². The summed E-state index contributed by atoms with van der Waals surface area (Å²) in [7, 11) is 0. The lowest BCUT2D eigenvalue weighted by Crippen LogP contribution is -2.40. The third-order valence-corrected chi connectivity index (χ3v) is 6.06. The SMILES string of the molecule is Cc1nc(COc2ccc(/C=C/C(=O)N3CCC(C4OCCO4)CC3)cc2)cs1. The predicted octanol–water partition coefficient (Wildman–Crippen LogP) is 3.66. The van der Waals surface area contributed by atoms with Crippen LogP contribution in [0.15, 0.2) is 35.7 Å². The zero-order valence-corrected chi connectivity index (χ0v) is 17.4. The van der Waals surface area contributed by atoms with E-state index in [0.717, 1.165) is 47.9 Å². The molecule has 0 atom stereocenters. The molecule has 3 heterocycles. The number of carbonyl (C=O) groups is 1. The van der Waals surface area contributed by atoms with Crippen molar-refractivity contribution in [2.24, 2.45) is 5.92 Å². The highest BCUT2D eigenvalue weighted by atomic mass is 32.1. The maximum atomic E-state index is 12.5. The smallest absolute Gasteiger partial charge is 0.246 e. The summed E-state index contributed by atoms with van der Waals surface area (Å²) < 4.78 is 16.9. The van der Waals surface area contributed by atoms with Crippen molar-refractivity contribution in [1.82, 2.24) is 9.88 Å². The van der Waals surface area contributed by atoms with E-state index in [2.05, 4.69) is 4.98 Å². The maximum absolute atomic E-state index is 12.5. The lowest BCUT2D eigenvalue weighted by atomic mass is 9.96. The Morgan fingerprint density at radius 2 is 1.97 bits per heavy atom. The summed E-state index contributed by atoms with van der Waals surface area (Å²) in [5.41, 5.74) is 1.91. The van der Waals surface area contributed by atoms with Gasteiger partial charge in [-0.3, -0.25) is 4.79 Å². The zero-order valence-electron chi connectivity index (χ0n) is 16.6. The topological polar surface area (TPSA) is 60.9 Å². The van der Waals surface area contributed by atoms with E-state index in [1.54, 1.807) is 17.4 Å². The number of rotatable bonds is 6. The van der Waals surface area contributed by atoms with Crippen LogP contribution in [0, 0.1) is 12.8 Å². The number of hydrogen-bond donors (Lipinski definition) is 0. The van der Waals surface area contributed by atoms with E-state index in [1.165, 1.54) is 0 Å². The third-order valence-electron chi connectivity index (χ3n) is 5.24. The second-order valence-electron chi connectivity index (χ2n) is 7.32. The van der Waals surface area contributed by atoms with Crippen molar-refractivity contribution >= 4 is 23.3 Å². The fourth-order valence-electron chi connectivity index (χ4n) is 3.62. The number of nitrogens with zero attached hydrogens (tertiary/aromatic N) is 2. The van der Waals surface area contributed by atoms with Crippen LogP contribution in [0.2, 0.25) is 0 Å². The van der Waals surface area contributed by atoms with E-state index in [9.17, 15) is 4.79 Å². The van der Waals surface area contributed by atoms with Gasteiger partial charge in [-0.2, -0.15) is 0 Å². The van der Waals surface area contributed by atoms with Crippen LogP contribution >= 0.6 is 11.3 Å². The minimum Gasteiger partial charge on any atom is -0.487 e. The normalized spacial score (nSPS) is 18.6. The van der Waals surface area contributed by atoms with E-state index < -0.39 is 0 Å². The first-order valence-corrected chi connectivity index (χ1v) is 10.9. The monoisotopic (exact) mass is 414 g/mol. The van der Waals surface area contributed by atoms with E-state index >= 15 is 0 Å². The number of hydrogen-bond acceptors (Lipinski definition) is 6. The Labute approximate surface area is 175 Å². The Balaban J connectivity index is 1.23. The number of aryl methyl sites for hydroxylation is 1. The summed E-state index contributed by atoms with van der Waals surface area (Å²) >= 11 is 1.62. The van der Waals surface area contributed by atoms with Gasteiger partial charge in [-0.05, 0) is 43.5 Å². The Hall–Kier alpha value is -2.22. The first-order chi connectivity index (χ1) is 14.2. The van der Waals surface area contributed by atoms with Gasteiger partial charge in [0.1, 0.15) is 12.4 Å². The molecule has 2 fully saturated rings. The molecule has 1 aromatic heterocycles. The van der Waals surface area contributed by atoms with Crippen molar-refractivity contribution in [1.29, 1.82) is 0 Å². The van der Waals surface area contributed by atoms with E-state index in [-0.39, 0.29) is 12.2 Å². The molecule has 7 heteroatoms. The number of piperidine rings is 1. The summed E-state index contributed by atoms with van der Waals surface area (Å²) in [6.45, 7) is 5.31. The van der Waals surface area contributed by atoms with Gasteiger partial charge in [0.15, 0.2) is 6.29 Å². The van der Waals surface area contributed by atoms with Gasteiger partial charge in [-0.25, -0.2) is 4.98 Å². The van der Waals surface area contributed by atoms with Crippen molar-refractivity contribution in [3.05, 3.63) is 52.0 Å². The molecule has 6 nitrogen and oxygen atoms in total. The number of aromatic nitrogens is 1. The second-order valence-corrected chi connectivity index (χ2v) is 8.38. The highest BCUT2D eigenvalue weighted by Crippen LogP contribution is 2.26. The largest absolute Gasteiger partial charge is 0.487 e. The van der Waals surface area contributed by atoms with Gasteiger partial charge in [0.25, 0.3) is 0 Å². The van der Waals surface area contributed by atoms with Crippen LogP contribution in [0.5, 0.6) is 5.75 Å². The highest BCUT2D eigenvalue weighted by Gasteiger charge is 2.31. The maximum Gasteiger partial charge on any atom is 0.246 e. The number of benzene rings is 1. The minimum atomic E-state index is -0.0805. The van der Waals surface area contributed by atoms with Gasteiger partial charge < -0.3 is 19.1 Å². The van der Waals surface area contributed by atoms with Crippen LogP contribution in [0.3, 0.4) is 0 Å². The fourth-order valence-corrected chi connectivity index (χ4v) is 4.22. The van der Waals surface area contributed by atoms with Crippen molar-refractivity contribution in [2.75, 3.05) is 26.3 Å². The summed E-state index contributed by atoms with van der Waals surface area (Å²) in [4.78, 5) is 18.8. The van der Waals surface area contributed by atoms with E-state index in [4.69, 9.17) is 14.2 Å². The summed E-state index contributed by atoms with van der Waals surface area (Å²) in [6.07, 6.45) is 5.27. The number of thiazole rings is 1. The number of amides is 1. The lowest BCUT2D eigenvalue weighted by molar-refractivity contribution is -0.131. The average molecular weight is 415 g/mol. The molecular formula is C22H26N2O4S. The van der Waals surface area contributed by atoms with Crippen molar-refractivity contribution < 1.29 is 19.0 Å². The first kappa shape index (κ1) is 20.1. The Bertz CT molecular complexity index is 835. The van der Waals surface area contributed by atoms with Gasteiger partial charge in [0.05, 0.1) is 23.9 Å². The van der Waals surface area contributed by atoms with E-state index in [1.807, 2.05) is 47.5 Å². The quantitative estimate of drug-likeness (QED) is 0.675. The molecule has 2 aliphatic heterocycles. The highest BCUT2D eigenvalue weighted by molar-refractivity contribution is 7.09. The molecule has 2 saturated heterocycles. The van der Waals surface area contributed by atoms with Gasteiger partial charge in [0, 0.05) is 30.5 Å². The molecule has 4 rings (SSSR count). The van der Waals surface area contributed by atoms with Crippen molar-refractivity contribution in [3.63, 3.8) is 0 Å². The number of likely N-dealkylation sites (tertiary alicyclic amines) is 1. The van der Waals surface area contributed by atoms with Gasteiger partial charge in [-0.1, -0.05) is 12.1 Å². The Morgan fingerprint density at radius 1 is 1.24 bits per heavy atom. The molecule has 0 bridgehead atoms. The number of ether oxygens (including phenoxy) is 3. The summed E-state index contributed by atoms with van der Waals surface area (Å²) in [5.74, 6) is 1.24. The predicted molar refractivity (Wildman–Crippen MR) is 112 cm³/mol. The molecule has 0 radical (unpaired) electrons. The molecule has 0 N–H and O–H groups in total. The van der Waals surface area contributed by atoms with Gasteiger partial charge >= 0.3 is 0 Å². The summed E-state index contributed by atoms with van der Waals surface area (Å²) in [6, 6.07) is 7.73. The average Bonchev–Trinajstić information content (AvgIpc) is 3.43. The van der Waals surface area contributed by atoms with Crippen LogP contribution in [-0.4, -0.2) is 48.4 Å². The molecule has 2 aromatic rings.